The first-order valence-electron chi connectivity index (χ1n) is 6.73. The highest BCUT2D eigenvalue weighted by Gasteiger charge is 1.96. The van der Waals surface area contributed by atoms with Crippen LogP contribution >= 0.6 is 0 Å². The van der Waals surface area contributed by atoms with E-state index < -0.39 is 0 Å². The fraction of sp³-hybridized carbons (Fsp3) is 0.692. The van der Waals surface area contributed by atoms with E-state index in [1.165, 1.54) is 24.8 Å². The van der Waals surface area contributed by atoms with E-state index >= 15 is 0 Å². The van der Waals surface area contributed by atoms with Crippen LogP contribution in [0.5, 0.6) is 0 Å². The van der Waals surface area contributed by atoms with Crippen molar-refractivity contribution in [2.45, 2.75) is 39.0 Å². The van der Waals surface area contributed by atoms with Crippen molar-refractivity contribution in [3.63, 3.8) is 0 Å². The molecule has 18 heavy (non-hydrogen) atoms. The van der Waals surface area contributed by atoms with Gasteiger partial charge in [0.25, 0.3) is 0 Å². The second-order valence-corrected chi connectivity index (χ2v) is 4.53. The van der Waals surface area contributed by atoms with Gasteiger partial charge < -0.3 is 11.1 Å². The number of aliphatic imine (C=N–C) groups is 1. The standard InChI is InChI=1S/C13H25N5/c1-3-4-5-6-8-15-13(14)16-9-7-12-10-17-18(2)11-12/h10-11H,3-9H2,1-2H3,(H3,14,15,16). The summed E-state index contributed by atoms with van der Waals surface area (Å²) < 4.78 is 1.81. The molecule has 1 aromatic heterocycles. The zero-order valence-corrected chi connectivity index (χ0v) is 11.5. The topological polar surface area (TPSA) is 68.2 Å². The second-order valence-electron chi connectivity index (χ2n) is 4.53. The minimum atomic E-state index is 0.551. The van der Waals surface area contributed by atoms with Gasteiger partial charge in [0.1, 0.15) is 0 Å². The van der Waals surface area contributed by atoms with Gasteiger partial charge in [-0.25, -0.2) is 0 Å². The number of rotatable bonds is 8. The molecule has 0 aromatic carbocycles. The molecule has 5 nitrogen and oxygen atoms in total. The first kappa shape index (κ1) is 14.5. The van der Waals surface area contributed by atoms with Crippen molar-refractivity contribution in [3.8, 4) is 0 Å². The maximum atomic E-state index is 5.78. The van der Waals surface area contributed by atoms with Crippen LogP contribution in [0.3, 0.4) is 0 Å². The summed E-state index contributed by atoms with van der Waals surface area (Å²) in [6.07, 6.45) is 9.70. The highest BCUT2D eigenvalue weighted by molar-refractivity contribution is 5.77. The molecule has 1 aromatic rings. The van der Waals surface area contributed by atoms with E-state index in [1.54, 1.807) is 4.68 Å². The molecule has 0 amide bonds. The monoisotopic (exact) mass is 251 g/mol. The lowest BCUT2D eigenvalue weighted by Crippen LogP contribution is -2.33. The number of hydrogen-bond donors (Lipinski definition) is 2. The molecule has 0 atom stereocenters. The molecule has 5 heteroatoms. The largest absolute Gasteiger partial charge is 0.370 e. The van der Waals surface area contributed by atoms with Crippen LogP contribution in [-0.4, -0.2) is 28.8 Å². The van der Waals surface area contributed by atoms with Gasteiger partial charge >= 0.3 is 0 Å². The molecular formula is C13H25N5. The van der Waals surface area contributed by atoms with Crippen LogP contribution < -0.4 is 11.1 Å². The maximum Gasteiger partial charge on any atom is 0.188 e. The SMILES string of the molecule is CCCCCCN=C(N)NCCc1cnn(C)c1. The van der Waals surface area contributed by atoms with Crippen molar-refractivity contribution >= 4 is 5.96 Å². The summed E-state index contributed by atoms with van der Waals surface area (Å²) in [4.78, 5) is 4.29. The van der Waals surface area contributed by atoms with Gasteiger partial charge in [-0.1, -0.05) is 26.2 Å². The summed E-state index contributed by atoms with van der Waals surface area (Å²) in [5.41, 5.74) is 6.98. The first-order chi connectivity index (χ1) is 8.72. The number of hydrogen-bond acceptors (Lipinski definition) is 2. The van der Waals surface area contributed by atoms with Crippen LogP contribution in [0, 0.1) is 0 Å². The molecule has 102 valence electrons. The Kier molecular flexibility index (Phi) is 6.91. The zero-order chi connectivity index (χ0) is 13.2. The third-order valence-corrected chi connectivity index (χ3v) is 2.77. The summed E-state index contributed by atoms with van der Waals surface area (Å²) in [7, 11) is 1.92. The molecule has 0 bridgehead atoms. The van der Waals surface area contributed by atoms with Crippen molar-refractivity contribution in [1.29, 1.82) is 0 Å². The van der Waals surface area contributed by atoms with Gasteiger partial charge in [-0.05, 0) is 18.4 Å². The Morgan fingerprint density at radius 1 is 1.44 bits per heavy atom. The maximum absolute atomic E-state index is 5.78. The van der Waals surface area contributed by atoms with E-state index in [-0.39, 0.29) is 0 Å². The van der Waals surface area contributed by atoms with Gasteiger partial charge in [0.05, 0.1) is 6.20 Å². The first-order valence-corrected chi connectivity index (χ1v) is 6.73. The Bertz CT molecular complexity index is 356. The number of aromatic nitrogens is 2. The molecule has 3 N–H and O–H groups in total. The van der Waals surface area contributed by atoms with Gasteiger partial charge in [-0.15, -0.1) is 0 Å². The number of aryl methyl sites for hydroxylation is 1. The molecule has 1 rings (SSSR count). The molecule has 0 fully saturated rings. The predicted octanol–water partition coefficient (Wildman–Crippen LogP) is 1.45. The summed E-state index contributed by atoms with van der Waals surface area (Å²) in [5, 5.41) is 7.24. The summed E-state index contributed by atoms with van der Waals surface area (Å²) >= 11 is 0. The number of nitrogens with zero attached hydrogens (tertiary/aromatic N) is 3. The summed E-state index contributed by atoms with van der Waals surface area (Å²) in [5.74, 6) is 0.551. The Morgan fingerprint density at radius 3 is 2.94 bits per heavy atom. The number of unbranched alkanes of at least 4 members (excludes halogenated alkanes) is 3. The van der Waals surface area contributed by atoms with Gasteiger partial charge in [0.2, 0.25) is 0 Å². The van der Waals surface area contributed by atoms with Crippen molar-refractivity contribution in [3.05, 3.63) is 18.0 Å². The molecule has 0 aliphatic carbocycles. The van der Waals surface area contributed by atoms with Crippen LogP contribution in [0.2, 0.25) is 0 Å². The van der Waals surface area contributed by atoms with E-state index in [0.29, 0.717) is 5.96 Å². The Balaban J connectivity index is 2.08. The van der Waals surface area contributed by atoms with Crippen molar-refractivity contribution in [2.75, 3.05) is 13.1 Å². The van der Waals surface area contributed by atoms with Crippen LogP contribution in [0.25, 0.3) is 0 Å². The lowest BCUT2D eigenvalue weighted by atomic mass is 10.2. The van der Waals surface area contributed by atoms with Crippen LogP contribution in [0.4, 0.5) is 0 Å². The van der Waals surface area contributed by atoms with Crippen molar-refractivity contribution in [1.82, 2.24) is 15.1 Å². The average Bonchev–Trinajstić information content (AvgIpc) is 2.75. The van der Waals surface area contributed by atoms with E-state index in [9.17, 15) is 0 Å². The number of nitrogens with two attached hydrogens (primary N) is 1. The van der Waals surface area contributed by atoms with Gasteiger partial charge in [-0.2, -0.15) is 5.10 Å². The van der Waals surface area contributed by atoms with Gasteiger partial charge in [-0.3, -0.25) is 9.67 Å². The molecule has 0 aliphatic heterocycles. The molecule has 0 aliphatic rings. The van der Waals surface area contributed by atoms with Crippen LogP contribution in [0.15, 0.2) is 17.4 Å². The molecule has 0 saturated carbocycles. The van der Waals surface area contributed by atoms with E-state index in [1.807, 2.05) is 19.4 Å². The highest BCUT2D eigenvalue weighted by atomic mass is 15.2. The minimum absolute atomic E-state index is 0.551. The smallest absolute Gasteiger partial charge is 0.188 e. The van der Waals surface area contributed by atoms with Crippen molar-refractivity contribution < 1.29 is 0 Å². The fourth-order valence-electron chi connectivity index (χ4n) is 1.73. The van der Waals surface area contributed by atoms with Crippen LogP contribution in [0.1, 0.15) is 38.2 Å². The Hall–Kier alpha value is -1.52. The lowest BCUT2D eigenvalue weighted by molar-refractivity contribution is 0.673. The summed E-state index contributed by atoms with van der Waals surface area (Å²) in [6, 6.07) is 0. The van der Waals surface area contributed by atoms with Crippen LogP contribution in [-0.2, 0) is 13.5 Å². The Morgan fingerprint density at radius 2 is 2.28 bits per heavy atom. The van der Waals surface area contributed by atoms with E-state index in [4.69, 9.17) is 5.73 Å². The zero-order valence-electron chi connectivity index (χ0n) is 11.5. The molecular weight excluding hydrogens is 226 g/mol. The lowest BCUT2D eigenvalue weighted by Gasteiger charge is -2.04. The third kappa shape index (κ3) is 6.27. The quantitative estimate of drug-likeness (QED) is 0.417. The molecule has 0 radical (unpaired) electrons. The third-order valence-electron chi connectivity index (χ3n) is 2.77. The number of nitrogens with one attached hydrogen (secondary N) is 1. The van der Waals surface area contributed by atoms with E-state index in [2.05, 4.69) is 22.3 Å². The second kappa shape index (κ2) is 8.55. The fourth-order valence-corrected chi connectivity index (χ4v) is 1.73. The summed E-state index contributed by atoms with van der Waals surface area (Å²) in [6.45, 7) is 3.83. The molecule has 1 heterocycles. The Labute approximate surface area is 109 Å². The van der Waals surface area contributed by atoms with E-state index in [0.717, 1.165) is 25.9 Å². The average molecular weight is 251 g/mol. The number of guanidine groups is 1. The van der Waals surface area contributed by atoms with Gasteiger partial charge in [0.15, 0.2) is 5.96 Å². The predicted molar refractivity (Wildman–Crippen MR) is 75.5 cm³/mol. The highest BCUT2D eigenvalue weighted by Crippen LogP contribution is 1.98. The minimum Gasteiger partial charge on any atom is -0.370 e. The molecule has 0 unspecified atom stereocenters. The van der Waals surface area contributed by atoms with Crippen molar-refractivity contribution in [2.24, 2.45) is 17.8 Å². The molecule has 0 saturated heterocycles. The van der Waals surface area contributed by atoms with Gasteiger partial charge in [0, 0.05) is 26.3 Å². The normalized spacial score (nSPS) is 11.8. The molecule has 0 spiro atoms.